The summed E-state index contributed by atoms with van der Waals surface area (Å²) in [6, 6.07) is 4.85. The van der Waals surface area contributed by atoms with Crippen LogP contribution in [-0.2, 0) is 4.79 Å². The fourth-order valence-corrected chi connectivity index (χ4v) is 2.20. The summed E-state index contributed by atoms with van der Waals surface area (Å²) in [5.41, 5.74) is 7.01. The summed E-state index contributed by atoms with van der Waals surface area (Å²) in [5.74, 6) is -1.47. The smallest absolute Gasteiger partial charge is 0.336 e. The van der Waals surface area contributed by atoms with E-state index >= 15 is 0 Å². The van der Waals surface area contributed by atoms with Gasteiger partial charge in [-0.25, -0.2) is 4.79 Å². The van der Waals surface area contributed by atoms with E-state index in [0.717, 1.165) is 0 Å². The van der Waals surface area contributed by atoms with Crippen LogP contribution >= 0.6 is 0 Å². The van der Waals surface area contributed by atoms with E-state index in [1.54, 1.807) is 19.1 Å². The minimum absolute atomic E-state index is 0.000871. The standard InChI is InChI=1S/C16H24N2O3/c1-10-5-6-12(7-13(10)15(20)21)18-14(19)11(9-17)8-16(2,3)4/h5-7,11H,8-9,17H2,1-4H3,(H,18,19)(H,20,21). The molecule has 0 spiro atoms. The number of nitrogens with two attached hydrogens (primary N) is 1. The lowest BCUT2D eigenvalue weighted by atomic mass is 9.84. The van der Waals surface area contributed by atoms with E-state index in [4.69, 9.17) is 10.8 Å². The van der Waals surface area contributed by atoms with Crippen LogP contribution in [0.1, 0.15) is 43.1 Å². The number of anilines is 1. The van der Waals surface area contributed by atoms with Gasteiger partial charge in [0.1, 0.15) is 0 Å². The molecule has 1 unspecified atom stereocenters. The Morgan fingerprint density at radius 2 is 1.95 bits per heavy atom. The minimum atomic E-state index is -1.01. The van der Waals surface area contributed by atoms with Crippen molar-refractivity contribution in [1.82, 2.24) is 0 Å². The van der Waals surface area contributed by atoms with E-state index in [0.29, 0.717) is 17.7 Å². The van der Waals surface area contributed by atoms with E-state index in [2.05, 4.69) is 26.1 Å². The van der Waals surface area contributed by atoms with Gasteiger partial charge in [-0.3, -0.25) is 4.79 Å². The molecular weight excluding hydrogens is 268 g/mol. The SMILES string of the molecule is Cc1ccc(NC(=O)C(CN)CC(C)(C)C)cc1C(=O)O. The quantitative estimate of drug-likeness (QED) is 0.778. The molecule has 1 aromatic carbocycles. The van der Waals surface area contributed by atoms with Crippen molar-refractivity contribution in [3.63, 3.8) is 0 Å². The number of carboxylic acid groups (broad SMARTS) is 1. The molecule has 1 amide bonds. The van der Waals surface area contributed by atoms with Crippen molar-refractivity contribution in [2.24, 2.45) is 17.1 Å². The van der Waals surface area contributed by atoms with Gasteiger partial charge in [0.15, 0.2) is 0 Å². The van der Waals surface area contributed by atoms with E-state index in [-0.39, 0.29) is 29.3 Å². The van der Waals surface area contributed by atoms with E-state index in [1.807, 2.05) is 0 Å². The molecule has 1 aromatic rings. The summed E-state index contributed by atoms with van der Waals surface area (Å²) >= 11 is 0. The molecule has 0 aliphatic carbocycles. The number of hydrogen-bond donors (Lipinski definition) is 3. The maximum absolute atomic E-state index is 12.2. The third-order valence-corrected chi connectivity index (χ3v) is 3.25. The number of hydrogen-bond acceptors (Lipinski definition) is 3. The van der Waals surface area contributed by atoms with Crippen molar-refractivity contribution in [2.75, 3.05) is 11.9 Å². The number of benzene rings is 1. The van der Waals surface area contributed by atoms with Crippen LogP contribution in [0.5, 0.6) is 0 Å². The predicted molar refractivity (Wildman–Crippen MR) is 83.4 cm³/mol. The van der Waals surface area contributed by atoms with Gasteiger partial charge in [0.05, 0.1) is 11.5 Å². The number of aromatic carboxylic acids is 1. The Morgan fingerprint density at radius 3 is 2.43 bits per heavy atom. The monoisotopic (exact) mass is 292 g/mol. The summed E-state index contributed by atoms with van der Waals surface area (Å²) in [6.45, 7) is 8.14. The van der Waals surface area contributed by atoms with Gasteiger partial charge >= 0.3 is 5.97 Å². The summed E-state index contributed by atoms with van der Waals surface area (Å²) in [4.78, 5) is 23.4. The van der Waals surface area contributed by atoms with Crippen LogP contribution in [0.3, 0.4) is 0 Å². The largest absolute Gasteiger partial charge is 0.478 e. The van der Waals surface area contributed by atoms with Gasteiger partial charge in [0.25, 0.3) is 0 Å². The van der Waals surface area contributed by atoms with Crippen molar-refractivity contribution < 1.29 is 14.7 Å². The summed E-state index contributed by atoms with van der Waals surface area (Å²) in [5, 5.41) is 11.9. The molecule has 1 atom stereocenters. The van der Waals surface area contributed by atoms with Gasteiger partial charge < -0.3 is 16.2 Å². The first-order chi connectivity index (χ1) is 9.64. The van der Waals surface area contributed by atoms with Crippen molar-refractivity contribution in [2.45, 2.75) is 34.1 Å². The fraction of sp³-hybridized carbons (Fsp3) is 0.500. The third-order valence-electron chi connectivity index (χ3n) is 3.25. The topological polar surface area (TPSA) is 92.4 Å². The zero-order valence-corrected chi connectivity index (χ0v) is 13.1. The molecule has 116 valence electrons. The summed E-state index contributed by atoms with van der Waals surface area (Å²) in [6.07, 6.45) is 0.674. The Labute approximate surface area is 125 Å². The van der Waals surface area contributed by atoms with Crippen molar-refractivity contribution >= 4 is 17.6 Å². The number of amides is 1. The third kappa shape index (κ3) is 5.19. The number of carbonyl (C=O) groups is 2. The molecule has 5 nitrogen and oxygen atoms in total. The molecular formula is C16H24N2O3. The van der Waals surface area contributed by atoms with Crippen molar-refractivity contribution in [3.05, 3.63) is 29.3 Å². The first-order valence-corrected chi connectivity index (χ1v) is 6.99. The van der Waals surface area contributed by atoms with Crippen LogP contribution in [-0.4, -0.2) is 23.5 Å². The molecule has 0 aliphatic heterocycles. The highest BCUT2D eigenvalue weighted by molar-refractivity contribution is 5.95. The minimum Gasteiger partial charge on any atom is -0.478 e. The van der Waals surface area contributed by atoms with Gasteiger partial charge in [-0.2, -0.15) is 0 Å². The number of carboxylic acids is 1. The Bertz CT molecular complexity index is 533. The lowest BCUT2D eigenvalue weighted by Crippen LogP contribution is -2.32. The molecule has 0 radical (unpaired) electrons. The Hall–Kier alpha value is -1.88. The average Bonchev–Trinajstić information content (AvgIpc) is 2.36. The maximum Gasteiger partial charge on any atom is 0.336 e. The maximum atomic E-state index is 12.2. The van der Waals surface area contributed by atoms with E-state index < -0.39 is 5.97 Å². The summed E-state index contributed by atoms with van der Waals surface area (Å²) in [7, 11) is 0. The number of rotatable bonds is 5. The van der Waals surface area contributed by atoms with Crippen molar-refractivity contribution in [1.29, 1.82) is 0 Å². The Kier molecular flexibility index (Phi) is 5.49. The molecule has 0 saturated heterocycles. The lowest BCUT2D eigenvalue weighted by Gasteiger charge is -2.24. The van der Waals surface area contributed by atoms with Gasteiger partial charge in [0.2, 0.25) is 5.91 Å². The average molecular weight is 292 g/mol. The second-order valence-electron chi connectivity index (χ2n) is 6.52. The number of aryl methyl sites for hydroxylation is 1. The lowest BCUT2D eigenvalue weighted by molar-refractivity contribution is -0.120. The van der Waals surface area contributed by atoms with Gasteiger partial charge in [-0.05, 0) is 36.5 Å². The second-order valence-corrected chi connectivity index (χ2v) is 6.52. The zero-order chi connectivity index (χ0) is 16.2. The molecule has 0 fully saturated rings. The van der Waals surface area contributed by atoms with Crippen LogP contribution < -0.4 is 11.1 Å². The normalized spacial score (nSPS) is 12.8. The molecule has 1 rings (SSSR count). The Morgan fingerprint density at radius 1 is 1.33 bits per heavy atom. The predicted octanol–water partition coefficient (Wildman–Crippen LogP) is 2.64. The molecule has 0 heterocycles. The molecule has 0 saturated carbocycles. The fourth-order valence-electron chi connectivity index (χ4n) is 2.20. The molecule has 5 heteroatoms. The molecule has 4 N–H and O–H groups in total. The highest BCUT2D eigenvalue weighted by Gasteiger charge is 2.24. The number of nitrogens with one attached hydrogen (secondary N) is 1. The zero-order valence-electron chi connectivity index (χ0n) is 13.1. The highest BCUT2D eigenvalue weighted by atomic mass is 16.4. The van der Waals surface area contributed by atoms with Crippen molar-refractivity contribution in [3.8, 4) is 0 Å². The summed E-state index contributed by atoms with van der Waals surface area (Å²) < 4.78 is 0. The van der Waals surface area contributed by atoms with Crippen LogP contribution in [0.15, 0.2) is 18.2 Å². The molecule has 0 aromatic heterocycles. The van der Waals surface area contributed by atoms with Gasteiger partial charge in [-0.15, -0.1) is 0 Å². The van der Waals surface area contributed by atoms with Crippen LogP contribution in [0.4, 0.5) is 5.69 Å². The molecule has 0 bridgehead atoms. The van der Waals surface area contributed by atoms with E-state index in [1.165, 1.54) is 6.07 Å². The van der Waals surface area contributed by atoms with Crippen LogP contribution in [0.2, 0.25) is 0 Å². The van der Waals surface area contributed by atoms with Gasteiger partial charge in [-0.1, -0.05) is 26.8 Å². The van der Waals surface area contributed by atoms with Crippen LogP contribution in [0.25, 0.3) is 0 Å². The Balaban J connectivity index is 2.87. The van der Waals surface area contributed by atoms with Crippen LogP contribution in [0, 0.1) is 18.3 Å². The first-order valence-electron chi connectivity index (χ1n) is 6.99. The molecule has 0 aliphatic rings. The first kappa shape index (κ1) is 17.2. The molecule has 21 heavy (non-hydrogen) atoms. The van der Waals surface area contributed by atoms with E-state index in [9.17, 15) is 9.59 Å². The van der Waals surface area contributed by atoms with Gasteiger partial charge in [0, 0.05) is 12.2 Å². The highest BCUT2D eigenvalue weighted by Crippen LogP contribution is 2.25. The number of carbonyl (C=O) groups excluding carboxylic acids is 1. The second kappa shape index (κ2) is 6.72.